The smallest absolute Gasteiger partial charge is 0.293 e. The normalized spacial score (nSPS) is 19.2. The number of benzene rings is 3. The summed E-state index contributed by atoms with van der Waals surface area (Å²) in [5.74, 6) is -0.205. The molecule has 2 aliphatic carbocycles. The summed E-state index contributed by atoms with van der Waals surface area (Å²) in [5.41, 5.74) is 7.35. The molecule has 3 fully saturated rings. The van der Waals surface area contributed by atoms with Gasteiger partial charge < -0.3 is 29.6 Å². The van der Waals surface area contributed by atoms with E-state index in [0.29, 0.717) is 54.6 Å². The lowest BCUT2D eigenvalue weighted by Gasteiger charge is -2.47. The van der Waals surface area contributed by atoms with E-state index in [0.717, 1.165) is 80.6 Å². The zero-order valence-corrected chi connectivity index (χ0v) is 37.8. The maximum absolute atomic E-state index is 14.3. The summed E-state index contributed by atoms with van der Waals surface area (Å²) in [6.45, 7) is 6.54. The Morgan fingerprint density at radius 1 is 0.938 bits per heavy atom. The van der Waals surface area contributed by atoms with E-state index in [-0.39, 0.29) is 23.8 Å². The summed E-state index contributed by atoms with van der Waals surface area (Å²) >= 11 is 6.30. The Bertz CT molecular complexity index is 2760. The van der Waals surface area contributed by atoms with Crippen molar-refractivity contribution < 1.29 is 27.6 Å². The van der Waals surface area contributed by atoms with Crippen molar-refractivity contribution in [2.45, 2.75) is 56.3 Å². The number of aromatic amines is 1. The Balaban J connectivity index is 0.906. The standard InChI is InChI=1S/C48H53ClN8O7S/c49-36-4-2-33(3-5-36)40-29-48(14-1-15-48)16-10-35(40)31-54-18-20-55(21-19-54)37-6-8-39(42(27-37)56-22-25-64-47-44(56)26-34-11-17-50-45(34)52-47)46(58)53-65(61,62)38-7-9-41(43(28-38)57(59)60)51-30-32-12-23-63-24-13-32/h2-9,11,17,26-28,32,51H,1,10,12-16,18-25,29-31H2,(H,50,52)(H,53,58). The molecule has 3 aromatic carbocycles. The minimum atomic E-state index is -4.56. The molecule has 340 valence electrons. The fourth-order valence-electron chi connectivity index (χ4n) is 10.2. The summed E-state index contributed by atoms with van der Waals surface area (Å²) in [7, 11) is -4.56. The summed E-state index contributed by atoms with van der Waals surface area (Å²) in [5, 5.41) is 16.9. The maximum Gasteiger partial charge on any atom is 0.293 e. The molecular weight excluding hydrogens is 868 g/mol. The number of carbonyl (C=O) groups excluding carboxylic acids is 1. The van der Waals surface area contributed by atoms with Crippen LogP contribution < -0.4 is 24.6 Å². The van der Waals surface area contributed by atoms with Crippen LogP contribution in [0, 0.1) is 21.4 Å². The molecule has 3 N–H and O–H groups in total. The van der Waals surface area contributed by atoms with Gasteiger partial charge >= 0.3 is 0 Å². The lowest BCUT2D eigenvalue weighted by molar-refractivity contribution is -0.384. The first-order valence-electron chi connectivity index (χ1n) is 22.6. The molecule has 0 radical (unpaired) electrons. The van der Waals surface area contributed by atoms with Gasteiger partial charge in [0.15, 0.2) is 0 Å². The number of piperazine rings is 1. The first kappa shape index (κ1) is 43.2. The Morgan fingerprint density at radius 3 is 2.49 bits per heavy atom. The van der Waals surface area contributed by atoms with Crippen LogP contribution in [-0.2, 0) is 14.8 Å². The van der Waals surface area contributed by atoms with Crippen molar-refractivity contribution >= 4 is 72.6 Å². The van der Waals surface area contributed by atoms with Gasteiger partial charge in [0.25, 0.3) is 21.6 Å². The number of aromatic nitrogens is 2. The summed E-state index contributed by atoms with van der Waals surface area (Å²) in [6.07, 6.45) is 10.9. The molecule has 5 aromatic rings. The number of allylic oxidation sites excluding steroid dienone is 1. The van der Waals surface area contributed by atoms with Gasteiger partial charge in [-0.1, -0.05) is 35.7 Å². The summed E-state index contributed by atoms with van der Waals surface area (Å²) < 4.78 is 41.5. The number of nitro groups is 1. The lowest BCUT2D eigenvalue weighted by atomic mass is 9.59. The molecule has 15 nitrogen and oxygen atoms in total. The number of ether oxygens (including phenoxy) is 2. The molecule has 0 bridgehead atoms. The number of nitrogens with one attached hydrogen (secondary N) is 3. The number of amides is 1. The van der Waals surface area contributed by atoms with Crippen LogP contribution in [0.1, 0.15) is 67.3 Å². The van der Waals surface area contributed by atoms with Crippen LogP contribution in [0.5, 0.6) is 5.88 Å². The van der Waals surface area contributed by atoms with Crippen molar-refractivity contribution in [3.05, 3.63) is 111 Å². The highest BCUT2D eigenvalue weighted by Crippen LogP contribution is 2.55. The van der Waals surface area contributed by atoms with E-state index >= 15 is 0 Å². The molecule has 1 amide bonds. The third-order valence-corrected chi connectivity index (χ3v) is 15.7. The topological polar surface area (TPSA) is 175 Å². The number of sulfonamides is 1. The Morgan fingerprint density at radius 2 is 1.74 bits per heavy atom. The van der Waals surface area contributed by atoms with Gasteiger partial charge in [-0.3, -0.25) is 19.8 Å². The number of fused-ring (bicyclic) bond motifs is 2. The Hall–Kier alpha value is -5.68. The SMILES string of the molecule is O=C(NS(=O)(=O)c1ccc(NCC2CCOCC2)c([N+](=O)[O-])c1)c1ccc(N2CCN(CC3=C(c4ccc(Cl)cc4)CC4(CCC4)CC3)CC2)cc1N1CCOc2nc3[nH]ccc3cc21. The van der Waals surface area contributed by atoms with E-state index in [1.165, 1.54) is 54.5 Å². The minimum absolute atomic E-state index is 0.116. The summed E-state index contributed by atoms with van der Waals surface area (Å²) in [4.78, 5) is 40.1. The first-order valence-corrected chi connectivity index (χ1v) is 24.5. The zero-order chi connectivity index (χ0) is 44.7. The summed E-state index contributed by atoms with van der Waals surface area (Å²) in [6, 6.07) is 21.3. The minimum Gasteiger partial charge on any atom is -0.474 e. The van der Waals surface area contributed by atoms with E-state index in [4.69, 9.17) is 26.1 Å². The second kappa shape index (κ2) is 17.9. The number of rotatable bonds is 12. The van der Waals surface area contributed by atoms with Crippen molar-refractivity contribution in [2.24, 2.45) is 11.3 Å². The molecule has 10 rings (SSSR count). The second-order valence-corrected chi connectivity index (χ2v) is 20.2. The molecule has 2 saturated heterocycles. The van der Waals surface area contributed by atoms with Gasteiger partial charge in [0.05, 0.1) is 27.6 Å². The third kappa shape index (κ3) is 9.01. The molecule has 0 atom stereocenters. The lowest BCUT2D eigenvalue weighted by Crippen LogP contribution is -2.47. The fourth-order valence-corrected chi connectivity index (χ4v) is 11.3. The number of carbonyl (C=O) groups is 1. The number of halogens is 1. The first-order chi connectivity index (χ1) is 31.5. The van der Waals surface area contributed by atoms with Gasteiger partial charge in [-0.05, 0) is 122 Å². The fraction of sp³-hybridized carbons (Fsp3) is 0.417. The number of pyridine rings is 1. The van der Waals surface area contributed by atoms with Gasteiger partial charge in [0.2, 0.25) is 5.88 Å². The van der Waals surface area contributed by atoms with Crippen LogP contribution in [0.4, 0.5) is 28.4 Å². The number of anilines is 4. The van der Waals surface area contributed by atoms with Crippen molar-refractivity contribution in [1.29, 1.82) is 0 Å². The molecule has 17 heteroatoms. The molecule has 3 aliphatic heterocycles. The van der Waals surface area contributed by atoms with Crippen LogP contribution in [0.2, 0.25) is 5.02 Å². The molecule has 65 heavy (non-hydrogen) atoms. The Labute approximate surface area is 383 Å². The molecule has 0 unspecified atom stereocenters. The monoisotopic (exact) mass is 920 g/mol. The largest absolute Gasteiger partial charge is 0.474 e. The predicted octanol–water partition coefficient (Wildman–Crippen LogP) is 8.54. The number of nitrogens with zero attached hydrogens (tertiary/aromatic N) is 5. The van der Waals surface area contributed by atoms with Crippen LogP contribution in [0.3, 0.4) is 0 Å². The highest BCUT2D eigenvalue weighted by atomic mass is 35.5. The molecule has 2 aromatic heterocycles. The zero-order valence-electron chi connectivity index (χ0n) is 36.2. The predicted molar refractivity (Wildman–Crippen MR) is 252 cm³/mol. The van der Waals surface area contributed by atoms with E-state index in [1.54, 1.807) is 12.3 Å². The average Bonchev–Trinajstić information content (AvgIpc) is 3.77. The van der Waals surface area contributed by atoms with Crippen LogP contribution in [0.15, 0.2) is 89.5 Å². The number of hydrogen-bond donors (Lipinski definition) is 3. The average molecular weight is 922 g/mol. The highest BCUT2D eigenvalue weighted by molar-refractivity contribution is 7.90. The Kier molecular flexibility index (Phi) is 11.9. The van der Waals surface area contributed by atoms with Crippen molar-refractivity contribution in [2.75, 3.05) is 80.8 Å². The quantitative estimate of drug-likeness (QED) is 0.0805. The van der Waals surface area contributed by atoms with Gasteiger partial charge in [-0.15, -0.1) is 0 Å². The molecule has 1 saturated carbocycles. The number of H-pyrrole nitrogens is 1. The van der Waals surface area contributed by atoms with Gasteiger partial charge in [0, 0.05) is 80.8 Å². The van der Waals surface area contributed by atoms with Crippen molar-refractivity contribution in [1.82, 2.24) is 19.6 Å². The van der Waals surface area contributed by atoms with Crippen LogP contribution in [0.25, 0.3) is 16.6 Å². The van der Waals surface area contributed by atoms with Crippen molar-refractivity contribution in [3.8, 4) is 5.88 Å². The maximum atomic E-state index is 14.3. The highest BCUT2D eigenvalue weighted by Gasteiger charge is 2.41. The molecule has 5 heterocycles. The number of nitro benzene ring substituents is 1. The van der Waals surface area contributed by atoms with Gasteiger partial charge in [-0.2, -0.15) is 4.98 Å². The third-order valence-electron chi connectivity index (χ3n) is 14.2. The molecular formula is C48H53ClN8O7S. The second-order valence-electron chi connectivity index (χ2n) is 18.1. The number of hydrogen-bond acceptors (Lipinski definition) is 12. The van der Waals surface area contributed by atoms with E-state index in [2.05, 4.69) is 37.0 Å². The van der Waals surface area contributed by atoms with E-state index in [1.807, 2.05) is 41.3 Å². The van der Waals surface area contributed by atoms with Crippen LogP contribution in [-0.4, -0.2) is 99.8 Å². The van der Waals surface area contributed by atoms with Crippen LogP contribution >= 0.6 is 11.6 Å². The van der Waals surface area contributed by atoms with E-state index in [9.17, 15) is 23.3 Å². The molecule has 5 aliphatic rings. The van der Waals surface area contributed by atoms with Crippen molar-refractivity contribution in [3.63, 3.8) is 0 Å². The van der Waals surface area contributed by atoms with Gasteiger partial charge in [-0.25, -0.2) is 13.1 Å². The van der Waals surface area contributed by atoms with Gasteiger partial charge in [0.1, 0.15) is 23.6 Å². The molecule has 1 spiro atoms. The van der Waals surface area contributed by atoms with E-state index < -0.39 is 31.4 Å².